The molecule has 1 fully saturated rings. The van der Waals surface area contributed by atoms with E-state index in [1.165, 1.54) is 18.7 Å². The maximum Gasteiger partial charge on any atom is 0.246 e. The first-order valence-corrected chi connectivity index (χ1v) is 24.8. The maximum atomic E-state index is 16.2. The number of carbonyl (C=O) groups excluding carboxylic acids is 3. The molecule has 12 nitrogen and oxygen atoms in total. The second-order valence-electron chi connectivity index (χ2n) is 20.5. The van der Waals surface area contributed by atoms with Gasteiger partial charge in [0.25, 0.3) is 0 Å². The summed E-state index contributed by atoms with van der Waals surface area (Å²) >= 11 is 1.56. The highest BCUT2D eigenvalue weighted by Gasteiger charge is 2.45. The lowest BCUT2D eigenvalue weighted by Gasteiger charge is -2.43. The molecule has 3 aromatic heterocycles. The van der Waals surface area contributed by atoms with E-state index in [2.05, 4.69) is 25.6 Å². The van der Waals surface area contributed by atoms with Gasteiger partial charge in [-0.25, -0.2) is 18.2 Å². The van der Waals surface area contributed by atoms with Gasteiger partial charge in [-0.1, -0.05) is 69.3 Å². The average molecular weight is 978 g/mol. The molecule has 6 aromatic rings. The number of pyridine rings is 1. The number of aliphatic hydroxyl groups is 1. The number of amides is 3. The Bertz CT molecular complexity index is 2810. The largest absolute Gasteiger partial charge is 0.487 e. The molecule has 8 rings (SSSR count). The highest BCUT2D eigenvalue weighted by Crippen LogP contribution is 2.44. The molecule has 70 heavy (non-hydrogen) atoms. The summed E-state index contributed by atoms with van der Waals surface area (Å²) in [6, 6.07) is 18.6. The Morgan fingerprint density at radius 1 is 0.986 bits per heavy atom. The fourth-order valence-corrected chi connectivity index (χ4v) is 10.5. The number of H-pyrrole nitrogens is 1. The second kappa shape index (κ2) is 20.7. The maximum absolute atomic E-state index is 16.2. The van der Waals surface area contributed by atoms with E-state index in [-0.39, 0.29) is 68.3 Å². The van der Waals surface area contributed by atoms with E-state index in [0.29, 0.717) is 30.7 Å². The van der Waals surface area contributed by atoms with Gasteiger partial charge in [0.05, 0.1) is 33.9 Å². The number of aryl methyl sites for hydroxylation is 2. The van der Waals surface area contributed by atoms with Crippen molar-refractivity contribution in [2.75, 3.05) is 13.1 Å². The Labute approximate surface area is 411 Å². The lowest BCUT2D eigenvalue weighted by molar-refractivity contribution is -0.144. The summed E-state index contributed by atoms with van der Waals surface area (Å²) < 4.78 is 53.5. The number of fused-ring (bicyclic) bond motifs is 3. The summed E-state index contributed by atoms with van der Waals surface area (Å²) in [4.78, 5) is 57.4. The summed E-state index contributed by atoms with van der Waals surface area (Å²) in [6.45, 7) is 12.5. The summed E-state index contributed by atoms with van der Waals surface area (Å²) in [5.74, 6) is -2.75. The Kier molecular flexibility index (Phi) is 14.9. The van der Waals surface area contributed by atoms with E-state index in [9.17, 15) is 19.5 Å². The Hall–Kier alpha value is -6.10. The number of para-hydroxylation sites is 1. The van der Waals surface area contributed by atoms with Crippen molar-refractivity contribution in [1.29, 1.82) is 0 Å². The molecule has 0 unspecified atom stereocenters. The third-order valence-corrected chi connectivity index (χ3v) is 14.2. The third kappa shape index (κ3) is 11.4. The molecular weight excluding hydrogens is 916 g/mol. The van der Waals surface area contributed by atoms with E-state index in [4.69, 9.17) is 4.74 Å². The minimum atomic E-state index is -1.62. The number of aromatic nitrogens is 3. The van der Waals surface area contributed by atoms with Gasteiger partial charge in [-0.3, -0.25) is 24.3 Å². The van der Waals surface area contributed by atoms with Crippen molar-refractivity contribution in [3.8, 4) is 16.2 Å². The van der Waals surface area contributed by atoms with Crippen LogP contribution in [0, 0.1) is 24.0 Å². The second-order valence-corrected chi connectivity index (χ2v) is 21.3. The average Bonchev–Trinajstić information content (AvgIpc) is 4.03. The van der Waals surface area contributed by atoms with Crippen molar-refractivity contribution in [3.05, 3.63) is 135 Å². The summed E-state index contributed by atoms with van der Waals surface area (Å²) in [5, 5.41) is 17.4. The van der Waals surface area contributed by atoms with Crippen molar-refractivity contribution in [2.24, 2.45) is 5.41 Å². The number of β-amino-alcohol motifs (C(OH)–C–C–N with tert-alkyl or cyclic N) is 1. The highest BCUT2D eigenvalue weighted by atomic mass is 32.1. The predicted octanol–water partition coefficient (Wildman–Crippen LogP) is 9.07. The zero-order valence-corrected chi connectivity index (χ0v) is 41.6. The van der Waals surface area contributed by atoms with Crippen LogP contribution in [0.3, 0.4) is 0 Å². The van der Waals surface area contributed by atoms with Crippen LogP contribution in [-0.2, 0) is 40.4 Å². The van der Waals surface area contributed by atoms with Gasteiger partial charge in [0, 0.05) is 79.0 Å². The van der Waals surface area contributed by atoms with Gasteiger partial charge in [0.1, 0.15) is 41.7 Å². The smallest absolute Gasteiger partial charge is 0.246 e. The van der Waals surface area contributed by atoms with Crippen LogP contribution in [0.5, 0.6) is 5.75 Å². The van der Waals surface area contributed by atoms with E-state index in [1.807, 2.05) is 94.1 Å². The van der Waals surface area contributed by atoms with Crippen LogP contribution in [0.25, 0.3) is 21.3 Å². The normalized spacial score (nSPS) is 19.0. The topological polar surface area (TPSA) is 153 Å². The number of nitrogens with one attached hydrogen (secondary N) is 3. The number of aromatic amines is 1. The zero-order chi connectivity index (χ0) is 50.1. The number of rotatable bonds is 16. The molecule has 0 radical (unpaired) electrons. The van der Waals surface area contributed by atoms with Gasteiger partial charge in [0.15, 0.2) is 0 Å². The van der Waals surface area contributed by atoms with Crippen LogP contribution in [0.2, 0.25) is 0 Å². The number of aliphatic hydroxyl groups excluding tert-OH is 1. The van der Waals surface area contributed by atoms with Crippen molar-refractivity contribution >= 4 is 40.0 Å². The zero-order valence-electron chi connectivity index (χ0n) is 40.7. The lowest BCUT2D eigenvalue weighted by Crippen LogP contribution is -2.57. The quantitative estimate of drug-likeness (QED) is 0.0750. The molecule has 5 heterocycles. The standard InChI is InChI=1S/C54H62F3N7O5S/c1-31-21-40-39-12-8-9-13-43(39)61-47(40)48(64(31)29-54(6,7)57)46-41(55)23-38(24-42(46)56)69-28-36-20-17-33(25-58-36)11-10-14-45(66)62-50(53(3,4)5)52(68)63-27-37(65)22-44(63)51(67)59-26-34-15-18-35(19-16-34)49-32(2)60-30-70-49/h8-9,12-13,15-20,23-25,30-31,37,44,48,50,61,65H,10-11,14,21-22,26-29H2,1-7H3,(H,59,67)(H,62,66)/t31-,37-,44+,48-,50-/m1/s1. The molecule has 3 aromatic carbocycles. The lowest BCUT2D eigenvalue weighted by atomic mass is 9.85. The first-order chi connectivity index (χ1) is 33.2. The number of carbonyl (C=O) groups is 3. The van der Waals surface area contributed by atoms with Gasteiger partial charge in [-0.2, -0.15) is 0 Å². The Morgan fingerprint density at radius 2 is 1.70 bits per heavy atom. The molecule has 16 heteroatoms. The number of hydrogen-bond acceptors (Lipinski definition) is 9. The van der Waals surface area contributed by atoms with Crippen LogP contribution in [-0.4, -0.2) is 90.6 Å². The molecule has 5 atom stereocenters. The van der Waals surface area contributed by atoms with Crippen LogP contribution in [0.4, 0.5) is 13.2 Å². The van der Waals surface area contributed by atoms with Crippen molar-refractivity contribution in [3.63, 3.8) is 0 Å². The van der Waals surface area contributed by atoms with E-state index < -0.39 is 52.9 Å². The summed E-state index contributed by atoms with van der Waals surface area (Å²) in [5.41, 5.74) is 6.03. The van der Waals surface area contributed by atoms with Crippen LogP contribution < -0.4 is 15.4 Å². The molecule has 0 saturated carbocycles. The van der Waals surface area contributed by atoms with Crippen LogP contribution in [0.15, 0.2) is 84.5 Å². The van der Waals surface area contributed by atoms with E-state index in [0.717, 1.165) is 55.9 Å². The molecule has 0 bridgehead atoms. The fraction of sp³-hybridized carbons (Fsp3) is 0.426. The number of hydrogen-bond donors (Lipinski definition) is 4. The molecule has 370 valence electrons. The molecule has 0 spiro atoms. The number of likely N-dealkylation sites (tertiary alicyclic amines) is 1. The third-order valence-electron chi connectivity index (χ3n) is 13.3. The molecule has 2 aliphatic heterocycles. The van der Waals surface area contributed by atoms with Gasteiger partial charge in [-0.05, 0) is 86.8 Å². The Balaban J connectivity index is 0.840. The molecular formula is C54H62F3N7O5S. The van der Waals surface area contributed by atoms with Gasteiger partial charge >= 0.3 is 0 Å². The van der Waals surface area contributed by atoms with E-state index >= 15 is 13.2 Å². The molecule has 2 aliphatic rings. The highest BCUT2D eigenvalue weighted by molar-refractivity contribution is 7.13. The summed E-state index contributed by atoms with van der Waals surface area (Å²) in [6.07, 6.45) is 2.55. The first-order valence-electron chi connectivity index (χ1n) is 23.9. The molecule has 3 amide bonds. The predicted molar refractivity (Wildman–Crippen MR) is 265 cm³/mol. The minimum Gasteiger partial charge on any atom is -0.487 e. The number of benzene rings is 3. The summed E-state index contributed by atoms with van der Waals surface area (Å²) in [7, 11) is 0. The molecule has 4 N–H and O–H groups in total. The molecule has 1 saturated heterocycles. The van der Waals surface area contributed by atoms with Gasteiger partial charge in [-0.15, -0.1) is 11.3 Å². The van der Waals surface area contributed by atoms with Crippen LogP contribution >= 0.6 is 11.3 Å². The SMILES string of the molecule is Cc1ncsc1-c1ccc(CNC(=O)[C@@H]2C[C@@H](O)CN2C(=O)[C@@H](NC(=O)CCCc2ccc(COc3cc(F)c([C@@H]4c5[nH]c6ccccc6c5C[C@@H](C)N4CC(C)(C)F)c(F)c3)nc2)C(C)(C)C)cc1. The Morgan fingerprint density at radius 3 is 2.36 bits per heavy atom. The molecule has 0 aliphatic carbocycles. The van der Waals surface area contributed by atoms with Crippen LogP contribution in [0.1, 0.15) is 106 Å². The van der Waals surface area contributed by atoms with Crippen molar-refractivity contribution in [2.45, 2.75) is 130 Å². The number of nitrogens with zero attached hydrogens (tertiary/aromatic N) is 4. The number of thiazole rings is 1. The first kappa shape index (κ1) is 50.3. The van der Waals surface area contributed by atoms with E-state index in [1.54, 1.807) is 29.1 Å². The van der Waals surface area contributed by atoms with Crippen molar-refractivity contribution < 1.29 is 37.4 Å². The monoisotopic (exact) mass is 977 g/mol. The number of ether oxygens (including phenoxy) is 1. The van der Waals surface area contributed by atoms with Crippen molar-refractivity contribution in [1.82, 2.24) is 35.4 Å². The number of halogens is 3. The fourth-order valence-electron chi connectivity index (χ4n) is 9.72. The van der Waals surface area contributed by atoms with Gasteiger partial charge in [0.2, 0.25) is 17.7 Å². The van der Waals surface area contributed by atoms with Gasteiger partial charge < -0.3 is 30.4 Å². The number of alkyl halides is 1. The minimum absolute atomic E-state index is 0.0132.